The third-order valence-electron chi connectivity index (χ3n) is 2.20. The normalized spacial score (nSPS) is 10.2. The van der Waals surface area contributed by atoms with Crippen molar-refractivity contribution in [3.05, 3.63) is 11.2 Å². The summed E-state index contributed by atoms with van der Waals surface area (Å²) in [6, 6.07) is 0.325. The molecular weight excluding hydrogens is 228 g/mol. The second-order valence-corrected chi connectivity index (χ2v) is 3.66. The highest BCUT2D eigenvalue weighted by atomic mass is 35.5. The predicted molar refractivity (Wildman–Crippen MR) is 65.2 cm³/mol. The van der Waals surface area contributed by atoms with Crippen molar-refractivity contribution in [3.8, 4) is 6.01 Å². The van der Waals surface area contributed by atoms with E-state index in [4.69, 9.17) is 22.1 Å². The highest BCUT2D eigenvalue weighted by molar-refractivity contribution is 6.32. The standard InChI is InChI=1S/C10H17ClN4O/c1-3-15(6-4-5-12)9-8(11)7-13-10(14-9)16-2/h7H,3-6,12H2,1-2H3. The molecule has 6 heteroatoms. The molecule has 1 aromatic heterocycles. The fraction of sp³-hybridized carbons (Fsp3) is 0.600. The van der Waals surface area contributed by atoms with Crippen LogP contribution in [-0.2, 0) is 0 Å². The monoisotopic (exact) mass is 244 g/mol. The Morgan fingerprint density at radius 3 is 2.88 bits per heavy atom. The van der Waals surface area contributed by atoms with Gasteiger partial charge in [-0.25, -0.2) is 4.98 Å². The lowest BCUT2D eigenvalue weighted by Gasteiger charge is -2.22. The summed E-state index contributed by atoms with van der Waals surface area (Å²) in [5.41, 5.74) is 5.49. The Bertz CT molecular complexity index is 335. The maximum atomic E-state index is 6.05. The van der Waals surface area contributed by atoms with Crippen LogP contribution < -0.4 is 15.4 Å². The molecule has 0 saturated heterocycles. The molecule has 0 aromatic carbocycles. The van der Waals surface area contributed by atoms with Gasteiger partial charge in [-0.1, -0.05) is 11.6 Å². The Morgan fingerprint density at radius 1 is 1.56 bits per heavy atom. The van der Waals surface area contributed by atoms with Gasteiger partial charge < -0.3 is 15.4 Å². The summed E-state index contributed by atoms with van der Waals surface area (Å²) < 4.78 is 4.98. The van der Waals surface area contributed by atoms with Gasteiger partial charge in [0.1, 0.15) is 5.02 Å². The van der Waals surface area contributed by atoms with E-state index in [0.717, 1.165) is 19.5 Å². The van der Waals surface area contributed by atoms with Crippen LogP contribution in [0.25, 0.3) is 0 Å². The van der Waals surface area contributed by atoms with Crippen LogP contribution in [0.2, 0.25) is 5.02 Å². The van der Waals surface area contributed by atoms with Crippen molar-refractivity contribution in [1.29, 1.82) is 0 Å². The number of methoxy groups -OCH3 is 1. The minimum Gasteiger partial charge on any atom is -0.467 e. The van der Waals surface area contributed by atoms with Gasteiger partial charge in [-0.3, -0.25) is 0 Å². The summed E-state index contributed by atoms with van der Waals surface area (Å²) >= 11 is 6.05. The van der Waals surface area contributed by atoms with Crippen LogP contribution in [0, 0.1) is 0 Å². The van der Waals surface area contributed by atoms with E-state index >= 15 is 0 Å². The van der Waals surface area contributed by atoms with Crippen molar-refractivity contribution >= 4 is 17.4 Å². The molecule has 16 heavy (non-hydrogen) atoms. The van der Waals surface area contributed by atoms with Gasteiger partial charge in [-0.15, -0.1) is 0 Å². The quantitative estimate of drug-likeness (QED) is 0.818. The molecule has 1 heterocycles. The lowest BCUT2D eigenvalue weighted by Crippen LogP contribution is -2.27. The number of ether oxygens (including phenoxy) is 1. The molecule has 0 unspecified atom stereocenters. The van der Waals surface area contributed by atoms with Gasteiger partial charge in [0.05, 0.1) is 13.3 Å². The van der Waals surface area contributed by atoms with Gasteiger partial charge in [-0.05, 0) is 19.9 Å². The van der Waals surface area contributed by atoms with Crippen molar-refractivity contribution < 1.29 is 4.74 Å². The van der Waals surface area contributed by atoms with E-state index in [0.29, 0.717) is 23.4 Å². The largest absolute Gasteiger partial charge is 0.467 e. The maximum Gasteiger partial charge on any atom is 0.318 e. The summed E-state index contributed by atoms with van der Waals surface area (Å²) in [4.78, 5) is 10.2. The first-order chi connectivity index (χ1) is 7.72. The zero-order chi connectivity index (χ0) is 12.0. The molecule has 0 aliphatic rings. The first-order valence-electron chi connectivity index (χ1n) is 5.24. The number of halogens is 1. The van der Waals surface area contributed by atoms with E-state index in [1.807, 2.05) is 6.92 Å². The van der Waals surface area contributed by atoms with Gasteiger partial charge in [-0.2, -0.15) is 4.98 Å². The number of aromatic nitrogens is 2. The van der Waals surface area contributed by atoms with Crippen molar-refractivity contribution in [3.63, 3.8) is 0 Å². The molecule has 0 saturated carbocycles. The average Bonchev–Trinajstić information content (AvgIpc) is 2.32. The van der Waals surface area contributed by atoms with E-state index in [1.54, 1.807) is 6.20 Å². The molecule has 0 atom stereocenters. The molecule has 0 aliphatic heterocycles. The molecule has 0 bridgehead atoms. The number of hydrogen-bond donors (Lipinski definition) is 1. The van der Waals surface area contributed by atoms with E-state index in [9.17, 15) is 0 Å². The SMILES string of the molecule is CCN(CCCN)c1nc(OC)ncc1Cl. The van der Waals surface area contributed by atoms with E-state index < -0.39 is 0 Å². The Morgan fingerprint density at radius 2 is 2.31 bits per heavy atom. The lowest BCUT2D eigenvalue weighted by molar-refractivity contribution is 0.379. The summed E-state index contributed by atoms with van der Waals surface area (Å²) in [5.74, 6) is 0.699. The second kappa shape index (κ2) is 6.50. The first-order valence-corrected chi connectivity index (χ1v) is 5.62. The Labute approximate surface area is 101 Å². The molecule has 0 aliphatic carbocycles. The molecule has 90 valence electrons. The fourth-order valence-corrected chi connectivity index (χ4v) is 1.57. The number of hydrogen-bond acceptors (Lipinski definition) is 5. The van der Waals surface area contributed by atoms with E-state index in [2.05, 4.69) is 14.9 Å². The maximum absolute atomic E-state index is 6.05. The topological polar surface area (TPSA) is 64.3 Å². The van der Waals surface area contributed by atoms with Crippen molar-refractivity contribution in [2.75, 3.05) is 31.6 Å². The van der Waals surface area contributed by atoms with Gasteiger partial charge >= 0.3 is 6.01 Å². The van der Waals surface area contributed by atoms with Crippen LogP contribution in [0.5, 0.6) is 6.01 Å². The summed E-state index contributed by atoms with van der Waals surface area (Å²) in [6.45, 7) is 4.34. The molecule has 2 N–H and O–H groups in total. The number of nitrogens with two attached hydrogens (primary N) is 1. The molecule has 0 amide bonds. The Kier molecular flexibility index (Phi) is 5.28. The second-order valence-electron chi connectivity index (χ2n) is 3.25. The van der Waals surface area contributed by atoms with E-state index in [1.165, 1.54) is 7.11 Å². The van der Waals surface area contributed by atoms with Crippen LogP contribution in [0.3, 0.4) is 0 Å². The molecule has 1 rings (SSSR count). The molecule has 0 fully saturated rings. The number of rotatable bonds is 6. The highest BCUT2D eigenvalue weighted by Crippen LogP contribution is 2.24. The average molecular weight is 245 g/mol. The summed E-state index contributed by atoms with van der Waals surface area (Å²) in [5, 5.41) is 0.527. The van der Waals surface area contributed by atoms with Crippen LogP contribution in [0.4, 0.5) is 5.82 Å². The third-order valence-corrected chi connectivity index (χ3v) is 2.47. The zero-order valence-electron chi connectivity index (χ0n) is 9.61. The fourth-order valence-electron chi connectivity index (χ4n) is 1.36. The number of nitrogens with zero attached hydrogens (tertiary/aromatic N) is 3. The Hall–Kier alpha value is -1.07. The third kappa shape index (κ3) is 3.21. The van der Waals surface area contributed by atoms with Gasteiger partial charge in [0.2, 0.25) is 0 Å². The first kappa shape index (κ1) is 13.0. The summed E-state index contributed by atoms with van der Waals surface area (Å²) in [6.07, 6.45) is 2.45. The van der Waals surface area contributed by atoms with Gasteiger partial charge in [0.15, 0.2) is 5.82 Å². The minimum absolute atomic E-state index is 0.325. The van der Waals surface area contributed by atoms with Crippen LogP contribution in [0.15, 0.2) is 6.20 Å². The van der Waals surface area contributed by atoms with Crippen LogP contribution >= 0.6 is 11.6 Å². The Balaban J connectivity index is 2.89. The van der Waals surface area contributed by atoms with Gasteiger partial charge in [0.25, 0.3) is 0 Å². The number of anilines is 1. The lowest BCUT2D eigenvalue weighted by atomic mass is 10.3. The van der Waals surface area contributed by atoms with Crippen LogP contribution in [-0.4, -0.2) is 36.7 Å². The van der Waals surface area contributed by atoms with Gasteiger partial charge in [0, 0.05) is 13.1 Å². The minimum atomic E-state index is 0.325. The van der Waals surface area contributed by atoms with Crippen molar-refractivity contribution in [2.24, 2.45) is 5.73 Å². The van der Waals surface area contributed by atoms with Crippen molar-refractivity contribution in [1.82, 2.24) is 9.97 Å². The highest BCUT2D eigenvalue weighted by Gasteiger charge is 2.12. The zero-order valence-corrected chi connectivity index (χ0v) is 10.4. The molecule has 0 radical (unpaired) electrons. The molecule has 5 nitrogen and oxygen atoms in total. The molecular formula is C10H17ClN4O. The molecule has 0 spiro atoms. The smallest absolute Gasteiger partial charge is 0.318 e. The van der Waals surface area contributed by atoms with Crippen LogP contribution in [0.1, 0.15) is 13.3 Å². The van der Waals surface area contributed by atoms with E-state index in [-0.39, 0.29) is 0 Å². The molecule has 1 aromatic rings. The van der Waals surface area contributed by atoms with Crippen molar-refractivity contribution in [2.45, 2.75) is 13.3 Å². The predicted octanol–water partition coefficient (Wildman–Crippen LogP) is 1.31. The summed E-state index contributed by atoms with van der Waals surface area (Å²) in [7, 11) is 1.53.